The largest absolute Gasteiger partial charge is 0.433 e. The molecule has 0 aromatic carbocycles. The molecule has 0 spiro atoms. The van der Waals surface area contributed by atoms with E-state index in [0.717, 1.165) is 0 Å². The molecular weight excluding hydrogens is 440 g/mol. The molecule has 0 radical (unpaired) electrons. The van der Waals surface area contributed by atoms with Crippen LogP contribution in [0.2, 0.25) is 0 Å². The van der Waals surface area contributed by atoms with Gasteiger partial charge >= 0.3 is 11.9 Å². The number of rotatable bonds is 9. The van der Waals surface area contributed by atoms with Gasteiger partial charge in [0.05, 0.1) is 13.2 Å². The quantitative estimate of drug-likeness (QED) is 0.117. The number of ether oxygens (including phenoxy) is 4. The van der Waals surface area contributed by atoms with Crippen molar-refractivity contribution in [1.29, 1.82) is 0 Å². The summed E-state index contributed by atoms with van der Waals surface area (Å²) < 4.78 is 19.9. The Labute approximate surface area is 182 Å². The Hall–Kier alpha value is -1.46. The van der Waals surface area contributed by atoms with Crippen molar-refractivity contribution in [3.8, 4) is 0 Å². The average molecular weight is 470 g/mol. The van der Waals surface area contributed by atoms with Crippen molar-refractivity contribution < 1.29 is 69.4 Å². The SMILES string of the molecule is O=C(CCCCC(=O)O[C@@H]1O[C@H](CO)[C@@H](O)[C@H](O)[C@H]1O)O[C@@H]1O[C@H](CO)[C@@H](O)[C@H](O)[C@H]1O. The number of hydrogen-bond donors (Lipinski definition) is 8. The highest BCUT2D eigenvalue weighted by atomic mass is 16.7. The predicted octanol–water partition coefficient (Wildman–Crippen LogP) is -4.77. The maximum atomic E-state index is 11.9. The first-order chi connectivity index (χ1) is 15.1. The monoisotopic (exact) mass is 470 g/mol. The van der Waals surface area contributed by atoms with Crippen molar-refractivity contribution in [3.05, 3.63) is 0 Å². The van der Waals surface area contributed by atoms with E-state index in [9.17, 15) is 40.2 Å². The standard InChI is InChI=1S/C18H30O14/c19-5-7-11(23)13(25)15(27)17(29-7)31-9(21)3-1-2-4-10(22)32-18-16(28)14(26)12(24)8(6-20)30-18/h7-8,11-20,23-28H,1-6H2/t7-,8-,11-,12-,13+,14+,15-,16-,17+,18+/m1/s1. The van der Waals surface area contributed by atoms with Crippen molar-refractivity contribution in [2.75, 3.05) is 13.2 Å². The third kappa shape index (κ3) is 6.54. The number of carbonyl (C=O) groups excluding carboxylic acids is 2. The van der Waals surface area contributed by atoms with Crippen LogP contribution in [-0.4, -0.2) is 127 Å². The number of carbonyl (C=O) groups is 2. The van der Waals surface area contributed by atoms with Gasteiger partial charge < -0.3 is 59.8 Å². The Bertz CT molecular complexity index is 560. The second kappa shape index (κ2) is 12.1. The lowest BCUT2D eigenvalue weighted by molar-refractivity contribution is -0.293. The summed E-state index contributed by atoms with van der Waals surface area (Å²) in [5, 5.41) is 76.6. The third-order valence-electron chi connectivity index (χ3n) is 5.20. The van der Waals surface area contributed by atoms with Crippen LogP contribution in [0.15, 0.2) is 0 Å². The van der Waals surface area contributed by atoms with Crippen LogP contribution in [0.1, 0.15) is 25.7 Å². The van der Waals surface area contributed by atoms with Gasteiger partial charge in [0.25, 0.3) is 0 Å². The summed E-state index contributed by atoms with van der Waals surface area (Å²) in [5.41, 5.74) is 0. The molecule has 2 aliphatic heterocycles. The van der Waals surface area contributed by atoms with Gasteiger partial charge in [-0.1, -0.05) is 0 Å². The van der Waals surface area contributed by atoms with Crippen LogP contribution in [0.25, 0.3) is 0 Å². The van der Waals surface area contributed by atoms with Gasteiger partial charge in [-0.3, -0.25) is 9.59 Å². The molecule has 14 nitrogen and oxygen atoms in total. The van der Waals surface area contributed by atoms with Crippen LogP contribution in [0, 0.1) is 0 Å². The molecule has 186 valence electrons. The summed E-state index contributed by atoms with van der Waals surface area (Å²) in [6.45, 7) is -1.34. The molecule has 0 unspecified atom stereocenters. The van der Waals surface area contributed by atoms with E-state index in [4.69, 9.17) is 29.2 Å². The van der Waals surface area contributed by atoms with Gasteiger partial charge in [-0.15, -0.1) is 0 Å². The number of aliphatic hydroxyl groups is 8. The maximum Gasteiger partial charge on any atom is 0.308 e. The normalized spacial score (nSPS) is 40.0. The highest BCUT2D eigenvalue weighted by Gasteiger charge is 2.46. The number of unbranched alkanes of at least 4 members (excludes halogenated alkanes) is 1. The van der Waals surface area contributed by atoms with Gasteiger partial charge in [0.1, 0.15) is 48.8 Å². The molecule has 0 aliphatic carbocycles. The lowest BCUT2D eigenvalue weighted by atomic mass is 9.99. The van der Waals surface area contributed by atoms with Gasteiger partial charge in [-0.25, -0.2) is 0 Å². The van der Waals surface area contributed by atoms with Crippen LogP contribution < -0.4 is 0 Å². The molecule has 8 N–H and O–H groups in total. The highest BCUT2D eigenvalue weighted by molar-refractivity contribution is 5.70. The van der Waals surface area contributed by atoms with E-state index in [1.165, 1.54) is 0 Å². The molecule has 2 heterocycles. The minimum absolute atomic E-state index is 0.153. The fraction of sp³-hybridized carbons (Fsp3) is 0.889. The Balaban J connectivity index is 1.70. The summed E-state index contributed by atoms with van der Waals surface area (Å²) in [7, 11) is 0. The summed E-state index contributed by atoms with van der Waals surface area (Å²) >= 11 is 0. The smallest absolute Gasteiger partial charge is 0.308 e. The first-order valence-electron chi connectivity index (χ1n) is 10.1. The topological polar surface area (TPSA) is 233 Å². The molecule has 10 atom stereocenters. The van der Waals surface area contributed by atoms with E-state index < -0.39 is 86.6 Å². The molecule has 0 saturated carbocycles. The predicted molar refractivity (Wildman–Crippen MR) is 98.2 cm³/mol. The molecule has 32 heavy (non-hydrogen) atoms. The van der Waals surface area contributed by atoms with Crippen LogP contribution in [0.4, 0.5) is 0 Å². The molecule has 2 fully saturated rings. The lowest BCUT2D eigenvalue weighted by Crippen LogP contribution is -2.59. The zero-order valence-electron chi connectivity index (χ0n) is 17.0. The second-order valence-electron chi connectivity index (χ2n) is 7.58. The van der Waals surface area contributed by atoms with E-state index in [1.807, 2.05) is 0 Å². The van der Waals surface area contributed by atoms with E-state index in [0.29, 0.717) is 0 Å². The zero-order chi connectivity index (χ0) is 24.0. The molecule has 0 aromatic heterocycles. The maximum absolute atomic E-state index is 11.9. The fourth-order valence-corrected chi connectivity index (χ4v) is 3.25. The lowest BCUT2D eigenvalue weighted by Gasteiger charge is -2.39. The van der Waals surface area contributed by atoms with E-state index in [2.05, 4.69) is 0 Å². The van der Waals surface area contributed by atoms with Gasteiger partial charge in [0, 0.05) is 12.8 Å². The van der Waals surface area contributed by atoms with Gasteiger partial charge in [-0.2, -0.15) is 0 Å². The summed E-state index contributed by atoms with van der Waals surface area (Å²) in [4.78, 5) is 23.8. The third-order valence-corrected chi connectivity index (χ3v) is 5.20. The second-order valence-corrected chi connectivity index (χ2v) is 7.58. The molecule has 2 rings (SSSR count). The summed E-state index contributed by atoms with van der Waals surface area (Å²) in [6, 6.07) is 0. The molecule has 0 bridgehead atoms. The minimum atomic E-state index is -1.72. The van der Waals surface area contributed by atoms with Crippen LogP contribution in [0.3, 0.4) is 0 Å². The fourth-order valence-electron chi connectivity index (χ4n) is 3.25. The van der Waals surface area contributed by atoms with Crippen molar-refractivity contribution in [1.82, 2.24) is 0 Å². The molecule has 0 aromatic rings. The van der Waals surface area contributed by atoms with Crippen molar-refractivity contribution in [2.45, 2.75) is 87.1 Å². The molecular formula is C18H30O14. The Morgan fingerprint density at radius 3 is 1.25 bits per heavy atom. The van der Waals surface area contributed by atoms with Gasteiger partial charge in [0.15, 0.2) is 0 Å². The van der Waals surface area contributed by atoms with Crippen LogP contribution >= 0.6 is 0 Å². The van der Waals surface area contributed by atoms with E-state index in [-0.39, 0.29) is 25.7 Å². The molecule has 0 amide bonds. The minimum Gasteiger partial charge on any atom is -0.433 e. The molecule has 2 saturated heterocycles. The molecule has 14 heteroatoms. The number of esters is 2. The first kappa shape index (κ1) is 26.8. The van der Waals surface area contributed by atoms with Crippen molar-refractivity contribution >= 4 is 11.9 Å². The van der Waals surface area contributed by atoms with Crippen molar-refractivity contribution in [2.24, 2.45) is 0 Å². The van der Waals surface area contributed by atoms with E-state index in [1.54, 1.807) is 0 Å². The Morgan fingerprint density at radius 1 is 0.594 bits per heavy atom. The average Bonchev–Trinajstić information content (AvgIpc) is 2.77. The summed E-state index contributed by atoms with van der Waals surface area (Å²) in [5.74, 6) is -1.65. The summed E-state index contributed by atoms with van der Waals surface area (Å²) in [6.07, 6.45) is -15.7. The first-order valence-corrected chi connectivity index (χ1v) is 10.1. The van der Waals surface area contributed by atoms with Crippen LogP contribution in [-0.2, 0) is 28.5 Å². The number of hydrogen-bond acceptors (Lipinski definition) is 14. The number of aliphatic hydroxyl groups excluding tert-OH is 8. The Morgan fingerprint density at radius 2 is 0.938 bits per heavy atom. The van der Waals surface area contributed by atoms with Gasteiger partial charge in [-0.05, 0) is 12.8 Å². The zero-order valence-corrected chi connectivity index (χ0v) is 17.0. The van der Waals surface area contributed by atoms with Crippen molar-refractivity contribution in [3.63, 3.8) is 0 Å². The molecule has 2 aliphatic rings. The van der Waals surface area contributed by atoms with Crippen LogP contribution in [0.5, 0.6) is 0 Å². The Kier molecular flexibility index (Phi) is 10.2. The van der Waals surface area contributed by atoms with E-state index >= 15 is 0 Å². The highest BCUT2D eigenvalue weighted by Crippen LogP contribution is 2.24. The van der Waals surface area contributed by atoms with Gasteiger partial charge in [0.2, 0.25) is 12.6 Å².